The minimum absolute atomic E-state index is 0.0213. The molecule has 0 bridgehead atoms. The Morgan fingerprint density at radius 1 is 1.00 bits per heavy atom. The number of rotatable bonds is 16. The molecule has 0 saturated heterocycles. The SMILES string of the molecule is CN(C)CCCN(C)C(=O)Oc1ccc(C(O)CCCC(=O)NCCCCCCN)cc1. The van der Waals surface area contributed by atoms with Crippen LogP contribution in [0.3, 0.4) is 0 Å². The van der Waals surface area contributed by atoms with Crippen LogP contribution in [-0.2, 0) is 4.79 Å². The number of nitrogens with zero attached hydrogens (tertiary/aromatic N) is 2. The van der Waals surface area contributed by atoms with Gasteiger partial charge in [-0.05, 0) is 77.0 Å². The van der Waals surface area contributed by atoms with E-state index in [1.807, 2.05) is 14.1 Å². The molecule has 0 fully saturated rings. The first-order valence-electron chi connectivity index (χ1n) is 11.7. The zero-order chi connectivity index (χ0) is 23.8. The molecule has 2 amide bonds. The van der Waals surface area contributed by atoms with Gasteiger partial charge in [-0.3, -0.25) is 4.79 Å². The van der Waals surface area contributed by atoms with Crippen LogP contribution in [0.1, 0.15) is 63.0 Å². The summed E-state index contributed by atoms with van der Waals surface area (Å²) < 4.78 is 5.38. The maximum absolute atomic E-state index is 12.2. The zero-order valence-corrected chi connectivity index (χ0v) is 20.0. The van der Waals surface area contributed by atoms with Gasteiger partial charge in [-0.25, -0.2) is 4.79 Å². The van der Waals surface area contributed by atoms with E-state index in [-0.39, 0.29) is 5.91 Å². The van der Waals surface area contributed by atoms with E-state index in [4.69, 9.17) is 10.5 Å². The first-order valence-corrected chi connectivity index (χ1v) is 11.7. The molecule has 0 aliphatic heterocycles. The lowest BCUT2D eigenvalue weighted by Gasteiger charge is -2.18. The number of amides is 2. The van der Waals surface area contributed by atoms with E-state index < -0.39 is 12.2 Å². The average molecular weight is 451 g/mol. The molecule has 182 valence electrons. The Bertz CT molecular complexity index is 652. The van der Waals surface area contributed by atoms with Crippen LogP contribution < -0.4 is 15.8 Å². The fourth-order valence-corrected chi connectivity index (χ4v) is 3.21. The smallest absolute Gasteiger partial charge is 0.410 e. The minimum Gasteiger partial charge on any atom is -0.410 e. The van der Waals surface area contributed by atoms with Crippen molar-refractivity contribution in [1.29, 1.82) is 0 Å². The fourth-order valence-electron chi connectivity index (χ4n) is 3.21. The van der Waals surface area contributed by atoms with Crippen molar-refractivity contribution in [1.82, 2.24) is 15.1 Å². The highest BCUT2D eigenvalue weighted by Gasteiger charge is 2.13. The number of hydrogen-bond donors (Lipinski definition) is 3. The molecule has 0 spiro atoms. The van der Waals surface area contributed by atoms with Crippen LogP contribution in [0, 0.1) is 0 Å². The molecule has 0 aliphatic carbocycles. The molecule has 8 nitrogen and oxygen atoms in total. The van der Waals surface area contributed by atoms with E-state index in [1.165, 1.54) is 0 Å². The highest BCUT2D eigenvalue weighted by molar-refractivity contribution is 5.75. The van der Waals surface area contributed by atoms with Gasteiger partial charge in [0.2, 0.25) is 5.91 Å². The van der Waals surface area contributed by atoms with E-state index in [9.17, 15) is 14.7 Å². The number of unbranched alkanes of at least 4 members (excludes halogenated alkanes) is 3. The maximum atomic E-state index is 12.2. The Kier molecular flexibility index (Phi) is 14.3. The van der Waals surface area contributed by atoms with Gasteiger partial charge in [0.15, 0.2) is 0 Å². The quantitative estimate of drug-likeness (QED) is 0.334. The zero-order valence-electron chi connectivity index (χ0n) is 20.0. The number of benzene rings is 1. The van der Waals surface area contributed by atoms with E-state index in [1.54, 1.807) is 36.2 Å². The summed E-state index contributed by atoms with van der Waals surface area (Å²) in [7, 11) is 5.71. The van der Waals surface area contributed by atoms with Crippen LogP contribution in [0.25, 0.3) is 0 Å². The molecule has 1 unspecified atom stereocenters. The lowest BCUT2D eigenvalue weighted by Crippen LogP contribution is -2.32. The predicted octanol–water partition coefficient (Wildman–Crippen LogP) is 2.91. The van der Waals surface area contributed by atoms with E-state index in [2.05, 4.69) is 10.2 Å². The Labute approximate surface area is 193 Å². The van der Waals surface area contributed by atoms with Gasteiger partial charge < -0.3 is 30.7 Å². The molecule has 1 rings (SSSR count). The molecular weight excluding hydrogens is 408 g/mol. The molecule has 1 atom stereocenters. The second kappa shape index (κ2) is 16.5. The van der Waals surface area contributed by atoms with Crippen molar-refractivity contribution in [3.05, 3.63) is 29.8 Å². The summed E-state index contributed by atoms with van der Waals surface area (Å²) in [5.74, 6) is 0.462. The van der Waals surface area contributed by atoms with Gasteiger partial charge >= 0.3 is 6.09 Å². The van der Waals surface area contributed by atoms with Crippen molar-refractivity contribution in [2.45, 2.75) is 57.5 Å². The van der Waals surface area contributed by atoms with Crippen LogP contribution in [0.4, 0.5) is 4.79 Å². The van der Waals surface area contributed by atoms with Gasteiger partial charge in [-0.15, -0.1) is 0 Å². The standard InChI is InChI=1S/C24H42N4O4/c1-27(2)18-9-19-28(3)24(31)32-21-14-12-20(13-15-21)22(29)10-8-11-23(30)26-17-7-5-4-6-16-25/h12-15,22,29H,4-11,16-19,25H2,1-3H3,(H,26,30). The minimum atomic E-state index is -0.655. The third-order valence-electron chi connectivity index (χ3n) is 5.22. The fraction of sp³-hybridized carbons (Fsp3) is 0.667. The van der Waals surface area contributed by atoms with Crippen LogP contribution in [0.15, 0.2) is 24.3 Å². The number of aliphatic hydroxyl groups is 1. The summed E-state index contributed by atoms with van der Waals surface area (Å²) in [5, 5.41) is 13.3. The summed E-state index contributed by atoms with van der Waals surface area (Å²) in [4.78, 5) is 27.7. The number of ether oxygens (including phenoxy) is 1. The average Bonchev–Trinajstić information content (AvgIpc) is 2.76. The number of nitrogens with one attached hydrogen (secondary N) is 1. The predicted molar refractivity (Wildman–Crippen MR) is 128 cm³/mol. The molecule has 1 aromatic rings. The summed E-state index contributed by atoms with van der Waals surface area (Å²) in [6.07, 6.45) is 5.50. The van der Waals surface area contributed by atoms with Crippen molar-refractivity contribution in [3.63, 3.8) is 0 Å². The lowest BCUT2D eigenvalue weighted by molar-refractivity contribution is -0.121. The Morgan fingerprint density at radius 3 is 2.34 bits per heavy atom. The first kappa shape index (κ1) is 27.9. The number of nitrogens with two attached hydrogens (primary N) is 1. The molecular formula is C24H42N4O4. The molecule has 0 radical (unpaired) electrons. The molecule has 0 aromatic heterocycles. The van der Waals surface area contributed by atoms with Crippen LogP contribution in [0.5, 0.6) is 5.75 Å². The Balaban J connectivity index is 2.27. The molecule has 8 heteroatoms. The van der Waals surface area contributed by atoms with Gasteiger partial charge in [0.05, 0.1) is 6.10 Å². The summed E-state index contributed by atoms with van der Waals surface area (Å²) in [5.41, 5.74) is 6.20. The van der Waals surface area contributed by atoms with Crippen molar-refractivity contribution < 1.29 is 19.4 Å². The highest BCUT2D eigenvalue weighted by atomic mass is 16.6. The van der Waals surface area contributed by atoms with Gasteiger partial charge in [0.1, 0.15) is 5.75 Å². The van der Waals surface area contributed by atoms with E-state index in [0.29, 0.717) is 38.1 Å². The molecule has 32 heavy (non-hydrogen) atoms. The van der Waals surface area contributed by atoms with Gasteiger partial charge in [0, 0.05) is 26.6 Å². The van der Waals surface area contributed by atoms with Gasteiger partial charge in [-0.2, -0.15) is 0 Å². The Morgan fingerprint density at radius 2 is 1.69 bits per heavy atom. The molecule has 0 aliphatic rings. The van der Waals surface area contributed by atoms with Crippen LogP contribution >= 0.6 is 0 Å². The third-order valence-corrected chi connectivity index (χ3v) is 5.22. The van der Waals surface area contributed by atoms with Crippen molar-refractivity contribution in [2.75, 3.05) is 47.3 Å². The van der Waals surface area contributed by atoms with E-state index in [0.717, 1.165) is 50.8 Å². The van der Waals surface area contributed by atoms with Crippen molar-refractivity contribution in [2.24, 2.45) is 5.73 Å². The van der Waals surface area contributed by atoms with Gasteiger partial charge in [-0.1, -0.05) is 25.0 Å². The highest BCUT2D eigenvalue weighted by Crippen LogP contribution is 2.22. The monoisotopic (exact) mass is 450 g/mol. The molecule has 1 aromatic carbocycles. The lowest BCUT2D eigenvalue weighted by atomic mass is 10.0. The van der Waals surface area contributed by atoms with Gasteiger partial charge in [0.25, 0.3) is 0 Å². The van der Waals surface area contributed by atoms with Crippen LogP contribution in [0.2, 0.25) is 0 Å². The first-order chi connectivity index (χ1) is 15.3. The topological polar surface area (TPSA) is 108 Å². The Hall–Kier alpha value is -2.16. The maximum Gasteiger partial charge on any atom is 0.414 e. The van der Waals surface area contributed by atoms with Crippen molar-refractivity contribution in [3.8, 4) is 5.75 Å². The van der Waals surface area contributed by atoms with E-state index >= 15 is 0 Å². The van der Waals surface area contributed by atoms with Crippen LogP contribution in [-0.4, -0.2) is 74.2 Å². The second-order valence-corrected chi connectivity index (χ2v) is 8.48. The van der Waals surface area contributed by atoms with Crippen molar-refractivity contribution >= 4 is 12.0 Å². The number of carbonyl (C=O) groups is 2. The number of aliphatic hydroxyl groups excluding tert-OH is 1. The normalized spacial score (nSPS) is 11.9. The molecule has 4 N–H and O–H groups in total. The largest absolute Gasteiger partial charge is 0.414 e. The third kappa shape index (κ3) is 12.6. The summed E-state index contributed by atoms with van der Waals surface area (Å²) in [6.45, 7) is 2.94. The number of hydrogen-bond acceptors (Lipinski definition) is 6. The molecule has 0 saturated carbocycles. The summed E-state index contributed by atoms with van der Waals surface area (Å²) in [6, 6.07) is 6.87. The second-order valence-electron chi connectivity index (χ2n) is 8.48. The molecule has 0 heterocycles. The number of carbonyl (C=O) groups excluding carboxylic acids is 2. The summed E-state index contributed by atoms with van der Waals surface area (Å²) >= 11 is 0.